The van der Waals surface area contributed by atoms with Crippen molar-refractivity contribution >= 4 is 29.3 Å². The molecular weight excluding hydrogens is 270 g/mol. The van der Waals surface area contributed by atoms with Crippen LogP contribution in [0.15, 0.2) is 41.8 Å². The molecule has 0 bridgehead atoms. The van der Waals surface area contributed by atoms with Crippen molar-refractivity contribution < 1.29 is 4.92 Å². The van der Waals surface area contributed by atoms with Crippen LogP contribution < -0.4 is 5.43 Å². The average Bonchev–Trinajstić information content (AvgIpc) is 2.41. The first-order valence-corrected chi connectivity index (χ1v) is 5.55. The minimum atomic E-state index is -0.476. The van der Waals surface area contributed by atoms with Gasteiger partial charge in [-0.3, -0.25) is 15.5 Å². The summed E-state index contributed by atoms with van der Waals surface area (Å²) in [5, 5.41) is 14.8. The maximum Gasteiger partial charge on any atom is 0.278 e. The van der Waals surface area contributed by atoms with Gasteiger partial charge in [-0.25, -0.2) is 9.97 Å². The second-order valence-corrected chi connectivity index (χ2v) is 3.74. The minimum Gasteiger partial charge on any atom is -0.259 e. The maximum absolute atomic E-state index is 10.8. The van der Waals surface area contributed by atoms with Crippen LogP contribution in [0.1, 0.15) is 5.56 Å². The molecule has 0 saturated heterocycles. The summed E-state index contributed by atoms with van der Waals surface area (Å²) < 4.78 is 0. The number of nitro benzene ring substituents is 1. The van der Waals surface area contributed by atoms with Crippen molar-refractivity contribution in [2.45, 2.75) is 0 Å². The van der Waals surface area contributed by atoms with Crippen molar-refractivity contribution in [2.75, 3.05) is 5.43 Å². The fourth-order valence-electron chi connectivity index (χ4n) is 1.32. The fraction of sp³-hybridized carbons (Fsp3) is 0. The van der Waals surface area contributed by atoms with Gasteiger partial charge < -0.3 is 0 Å². The van der Waals surface area contributed by atoms with E-state index in [4.69, 9.17) is 11.6 Å². The number of nitrogens with one attached hydrogen (secondary N) is 1. The molecular formula is C11H8ClN5O2. The van der Waals surface area contributed by atoms with Crippen LogP contribution in [0.25, 0.3) is 0 Å². The van der Waals surface area contributed by atoms with E-state index < -0.39 is 4.92 Å². The molecule has 0 aliphatic rings. The van der Waals surface area contributed by atoms with Crippen molar-refractivity contribution in [3.05, 3.63) is 57.5 Å². The lowest BCUT2D eigenvalue weighted by atomic mass is 10.2. The van der Waals surface area contributed by atoms with Crippen LogP contribution in [0.2, 0.25) is 5.15 Å². The SMILES string of the molecule is O=[N+]([O-])c1ccccc1C=NNc1nccnc1Cl. The van der Waals surface area contributed by atoms with Gasteiger partial charge in [-0.15, -0.1) is 0 Å². The van der Waals surface area contributed by atoms with Crippen LogP contribution >= 0.6 is 11.6 Å². The Morgan fingerprint density at radius 3 is 2.79 bits per heavy atom. The van der Waals surface area contributed by atoms with Gasteiger partial charge in [0.2, 0.25) is 0 Å². The number of rotatable bonds is 4. The molecule has 0 aliphatic carbocycles. The van der Waals surface area contributed by atoms with Gasteiger partial charge in [0.25, 0.3) is 5.69 Å². The van der Waals surface area contributed by atoms with Gasteiger partial charge in [-0.2, -0.15) is 5.10 Å². The first kappa shape index (κ1) is 12.9. The summed E-state index contributed by atoms with van der Waals surface area (Å²) in [5.41, 5.74) is 2.91. The number of anilines is 1. The smallest absolute Gasteiger partial charge is 0.259 e. The number of nitro groups is 1. The summed E-state index contributed by atoms with van der Waals surface area (Å²) in [7, 11) is 0. The zero-order valence-electron chi connectivity index (χ0n) is 9.52. The van der Waals surface area contributed by atoms with Gasteiger partial charge in [0.15, 0.2) is 11.0 Å². The van der Waals surface area contributed by atoms with Crippen molar-refractivity contribution in [1.82, 2.24) is 9.97 Å². The average molecular weight is 278 g/mol. The highest BCUT2D eigenvalue weighted by Crippen LogP contribution is 2.16. The number of nitrogens with zero attached hydrogens (tertiary/aromatic N) is 4. The Morgan fingerprint density at radius 2 is 2.05 bits per heavy atom. The lowest BCUT2D eigenvalue weighted by molar-refractivity contribution is -0.385. The van der Waals surface area contributed by atoms with Gasteiger partial charge in [-0.1, -0.05) is 23.7 Å². The highest BCUT2D eigenvalue weighted by molar-refractivity contribution is 6.31. The summed E-state index contributed by atoms with van der Waals surface area (Å²) in [4.78, 5) is 18.0. The van der Waals surface area contributed by atoms with Crippen molar-refractivity contribution in [2.24, 2.45) is 5.10 Å². The molecule has 0 atom stereocenters. The number of para-hydroxylation sites is 1. The molecule has 0 aliphatic heterocycles. The lowest BCUT2D eigenvalue weighted by Crippen LogP contribution is -1.98. The summed E-state index contributed by atoms with van der Waals surface area (Å²) in [6.45, 7) is 0. The van der Waals surface area contributed by atoms with E-state index in [0.717, 1.165) is 0 Å². The Kier molecular flexibility index (Phi) is 3.99. The van der Waals surface area contributed by atoms with E-state index >= 15 is 0 Å². The molecule has 0 amide bonds. The largest absolute Gasteiger partial charge is 0.278 e. The van der Waals surface area contributed by atoms with E-state index in [1.165, 1.54) is 24.7 Å². The number of hydrazone groups is 1. The lowest BCUT2D eigenvalue weighted by Gasteiger charge is -2.00. The monoisotopic (exact) mass is 277 g/mol. The molecule has 0 fully saturated rings. The molecule has 2 aromatic rings. The first-order chi connectivity index (χ1) is 9.18. The number of benzene rings is 1. The van der Waals surface area contributed by atoms with Crippen LogP contribution in [-0.2, 0) is 0 Å². The van der Waals surface area contributed by atoms with Gasteiger partial charge in [-0.05, 0) is 6.07 Å². The van der Waals surface area contributed by atoms with Crippen LogP contribution in [-0.4, -0.2) is 21.1 Å². The molecule has 19 heavy (non-hydrogen) atoms. The van der Waals surface area contributed by atoms with Gasteiger partial charge in [0.1, 0.15) is 0 Å². The van der Waals surface area contributed by atoms with Crippen LogP contribution in [0.4, 0.5) is 11.5 Å². The minimum absolute atomic E-state index is 0.0294. The Labute approximate surface area is 113 Å². The van der Waals surface area contributed by atoms with E-state index in [1.54, 1.807) is 18.2 Å². The maximum atomic E-state index is 10.8. The second-order valence-electron chi connectivity index (χ2n) is 3.38. The van der Waals surface area contributed by atoms with E-state index in [0.29, 0.717) is 5.56 Å². The van der Waals surface area contributed by atoms with Gasteiger partial charge >= 0.3 is 0 Å². The molecule has 0 unspecified atom stereocenters. The Bertz CT molecular complexity index is 632. The Hall–Kier alpha value is -2.54. The molecule has 1 aromatic heterocycles. The summed E-state index contributed by atoms with van der Waals surface area (Å²) in [6.07, 6.45) is 4.22. The third-order valence-electron chi connectivity index (χ3n) is 2.16. The number of hydrogen-bond donors (Lipinski definition) is 1. The van der Waals surface area contributed by atoms with E-state index in [-0.39, 0.29) is 16.7 Å². The molecule has 7 nitrogen and oxygen atoms in total. The Balaban J connectivity index is 2.16. The molecule has 1 N–H and O–H groups in total. The summed E-state index contributed by atoms with van der Waals surface area (Å²) >= 11 is 5.77. The van der Waals surface area contributed by atoms with Crippen molar-refractivity contribution in [1.29, 1.82) is 0 Å². The van der Waals surface area contributed by atoms with E-state index in [1.807, 2.05) is 0 Å². The van der Waals surface area contributed by atoms with Crippen molar-refractivity contribution in [3.63, 3.8) is 0 Å². The summed E-state index contributed by atoms with van der Waals surface area (Å²) in [5.74, 6) is 0.277. The molecule has 8 heteroatoms. The zero-order chi connectivity index (χ0) is 13.7. The number of aromatic nitrogens is 2. The molecule has 1 aromatic carbocycles. The zero-order valence-corrected chi connectivity index (χ0v) is 10.3. The normalized spacial score (nSPS) is 10.6. The molecule has 2 rings (SSSR count). The Morgan fingerprint density at radius 1 is 1.32 bits per heavy atom. The van der Waals surface area contributed by atoms with Crippen LogP contribution in [0.3, 0.4) is 0 Å². The highest BCUT2D eigenvalue weighted by atomic mass is 35.5. The molecule has 1 heterocycles. The second kappa shape index (κ2) is 5.87. The standard InChI is InChI=1S/C11H8ClN5O2/c12-10-11(14-6-5-13-10)16-15-7-8-3-1-2-4-9(8)17(18)19/h1-7H,(H,14,16). The van der Waals surface area contributed by atoms with Crippen LogP contribution in [0.5, 0.6) is 0 Å². The highest BCUT2D eigenvalue weighted by Gasteiger charge is 2.09. The molecule has 0 radical (unpaired) electrons. The molecule has 0 spiro atoms. The predicted molar refractivity (Wildman–Crippen MR) is 71.4 cm³/mol. The number of hydrogen-bond acceptors (Lipinski definition) is 6. The molecule has 96 valence electrons. The first-order valence-electron chi connectivity index (χ1n) is 5.17. The van der Waals surface area contributed by atoms with E-state index in [9.17, 15) is 10.1 Å². The fourth-order valence-corrected chi connectivity index (χ4v) is 1.47. The van der Waals surface area contributed by atoms with Gasteiger partial charge in [0, 0.05) is 18.5 Å². The predicted octanol–water partition coefficient (Wildman–Crippen LogP) is 2.48. The third kappa shape index (κ3) is 3.23. The van der Waals surface area contributed by atoms with Crippen molar-refractivity contribution in [3.8, 4) is 0 Å². The molecule has 0 saturated carbocycles. The number of halogens is 1. The topological polar surface area (TPSA) is 93.3 Å². The van der Waals surface area contributed by atoms with E-state index in [2.05, 4.69) is 20.5 Å². The van der Waals surface area contributed by atoms with Crippen LogP contribution in [0, 0.1) is 10.1 Å². The van der Waals surface area contributed by atoms with Gasteiger partial charge in [0.05, 0.1) is 16.7 Å². The summed E-state index contributed by atoms with van der Waals surface area (Å²) in [6, 6.07) is 6.25. The quantitative estimate of drug-likeness (QED) is 0.526. The third-order valence-corrected chi connectivity index (χ3v) is 2.44.